The first kappa shape index (κ1) is 16.0. The lowest BCUT2D eigenvalue weighted by Crippen LogP contribution is -2.27. The molecule has 3 heterocycles. The number of amides is 1. The molecule has 0 fully saturated rings. The van der Waals surface area contributed by atoms with Gasteiger partial charge in [0.05, 0.1) is 5.69 Å². The van der Waals surface area contributed by atoms with Crippen LogP contribution in [0.2, 0.25) is 0 Å². The quantitative estimate of drug-likeness (QED) is 0.749. The highest BCUT2D eigenvalue weighted by Crippen LogP contribution is 2.19. The Bertz CT molecular complexity index is 844. The summed E-state index contributed by atoms with van der Waals surface area (Å²) < 4.78 is 7.49. The number of carbonyl (C=O) groups excluding carboxylic acids is 1. The van der Waals surface area contributed by atoms with Crippen molar-refractivity contribution in [3.05, 3.63) is 41.9 Å². The van der Waals surface area contributed by atoms with Gasteiger partial charge in [-0.15, -0.1) is 10.2 Å². The van der Waals surface area contributed by atoms with Gasteiger partial charge in [0.2, 0.25) is 11.8 Å². The van der Waals surface area contributed by atoms with Crippen LogP contribution in [-0.4, -0.2) is 30.9 Å². The van der Waals surface area contributed by atoms with Crippen molar-refractivity contribution in [3.8, 4) is 11.4 Å². The molecule has 0 aromatic carbocycles. The van der Waals surface area contributed by atoms with E-state index >= 15 is 0 Å². The molecule has 2 N–H and O–H groups in total. The van der Waals surface area contributed by atoms with Gasteiger partial charge >= 0.3 is 0 Å². The Kier molecular flexibility index (Phi) is 4.20. The third-order valence-electron chi connectivity index (χ3n) is 3.70. The van der Waals surface area contributed by atoms with Gasteiger partial charge in [-0.3, -0.25) is 9.89 Å². The number of carbonyl (C=O) groups is 1. The van der Waals surface area contributed by atoms with Crippen molar-refractivity contribution < 1.29 is 9.21 Å². The molecule has 8 nitrogen and oxygen atoms in total. The predicted molar refractivity (Wildman–Crippen MR) is 87.3 cm³/mol. The average Bonchev–Trinajstić information content (AvgIpc) is 3.26. The van der Waals surface area contributed by atoms with E-state index in [1.54, 1.807) is 13.0 Å². The van der Waals surface area contributed by atoms with E-state index in [2.05, 4.69) is 25.7 Å². The van der Waals surface area contributed by atoms with Crippen molar-refractivity contribution in [1.82, 2.24) is 30.3 Å². The normalized spacial score (nSPS) is 12.5. The Morgan fingerprint density at radius 1 is 1.29 bits per heavy atom. The molecule has 0 bridgehead atoms. The smallest absolute Gasteiger partial charge is 0.269 e. The molecule has 0 unspecified atom stereocenters. The van der Waals surface area contributed by atoms with Crippen LogP contribution in [-0.2, 0) is 7.05 Å². The van der Waals surface area contributed by atoms with Crippen LogP contribution in [0.5, 0.6) is 0 Å². The Balaban J connectivity index is 1.70. The van der Waals surface area contributed by atoms with Crippen LogP contribution in [0.25, 0.3) is 11.4 Å². The third-order valence-corrected chi connectivity index (χ3v) is 3.70. The fraction of sp³-hybridized carbons (Fsp3) is 0.375. The van der Waals surface area contributed by atoms with Gasteiger partial charge < -0.3 is 14.3 Å². The largest absolute Gasteiger partial charge is 0.423 e. The molecule has 3 aromatic rings. The minimum absolute atomic E-state index is 0.148. The molecule has 24 heavy (non-hydrogen) atoms. The summed E-state index contributed by atoms with van der Waals surface area (Å²) in [5, 5.41) is 17.7. The number of aromatic amines is 1. The van der Waals surface area contributed by atoms with E-state index < -0.39 is 0 Å². The van der Waals surface area contributed by atoms with Gasteiger partial charge in [0.15, 0.2) is 0 Å². The number of nitrogens with one attached hydrogen (secondary N) is 2. The molecular formula is C16H20N6O2. The summed E-state index contributed by atoms with van der Waals surface area (Å²) in [6, 6.07) is 5.18. The Morgan fingerprint density at radius 2 is 2.04 bits per heavy atom. The van der Waals surface area contributed by atoms with Gasteiger partial charge in [0.1, 0.15) is 17.4 Å². The highest BCUT2D eigenvalue weighted by Gasteiger charge is 2.20. The van der Waals surface area contributed by atoms with Gasteiger partial charge in [-0.25, -0.2) is 0 Å². The first-order valence-electron chi connectivity index (χ1n) is 7.77. The summed E-state index contributed by atoms with van der Waals surface area (Å²) in [6.07, 6.45) is 1.92. The lowest BCUT2D eigenvalue weighted by molar-refractivity contribution is 0.0928. The summed E-state index contributed by atoms with van der Waals surface area (Å²) in [6.45, 7) is 5.73. The zero-order valence-corrected chi connectivity index (χ0v) is 14.1. The Morgan fingerprint density at radius 3 is 2.67 bits per heavy atom. The van der Waals surface area contributed by atoms with Gasteiger partial charge in [-0.2, -0.15) is 5.10 Å². The molecule has 0 radical (unpaired) electrons. The topological polar surface area (TPSA) is 102 Å². The number of nitrogens with zero attached hydrogens (tertiary/aromatic N) is 4. The minimum atomic E-state index is -0.390. The van der Waals surface area contributed by atoms with Crippen molar-refractivity contribution in [1.29, 1.82) is 0 Å². The van der Waals surface area contributed by atoms with Gasteiger partial charge in [0.25, 0.3) is 5.91 Å². The molecule has 3 aromatic heterocycles. The summed E-state index contributed by atoms with van der Waals surface area (Å²) in [5.41, 5.74) is 2.01. The van der Waals surface area contributed by atoms with Crippen LogP contribution in [0.15, 0.2) is 28.8 Å². The number of rotatable bonds is 5. The summed E-state index contributed by atoms with van der Waals surface area (Å²) >= 11 is 0. The molecule has 0 aliphatic rings. The minimum Gasteiger partial charge on any atom is -0.423 e. The maximum atomic E-state index is 12.4. The lowest BCUT2D eigenvalue weighted by Gasteiger charge is -2.08. The van der Waals surface area contributed by atoms with Crippen molar-refractivity contribution >= 4 is 5.91 Å². The van der Waals surface area contributed by atoms with Crippen molar-refractivity contribution in [2.24, 2.45) is 7.05 Å². The number of H-pyrrole nitrogens is 1. The van der Waals surface area contributed by atoms with Crippen LogP contribution in [0.4, 0.5) is 0 Å². The second-order valence-corrected chi connectivity index (χ2v) is 6.00. The Labute approximate surface area is 139 Å². The summed E-state index contributed by atoms with van der Waals surface area (Å²) in [7, 11) is 1.92. The van der Waals surface area contributed by atoms with E-state index in [-0.39, 0.29) is 17.9 Å². The first-order chi connectivity index (χ1) is 11.5. The third kappa shape index (κ3) is 3.08. The van der Waals surface area contributed by atoms with Gasteiger partial charge in [-0.05, 0) is 25.1 Å². The van der Waals surface area contributed by atoms with Crippen LogP contribution in [0, 0.1) is 0 Å². The lowest BCUT2D eigenvalue weighted by atomic mass is 10.2. The van der Waals surface area contributed by atoms with E-state index in [1.165, 1.54) is 0 Å². The first-order valence-corrected chi connectivity index (χ1v) is 7.77. The van der Waals surface area contributed by atoms with E-state index in [4.69, 9.17) is 4.42 Å². The average molecular weight is 328 g/mol. The standard InChI is InChI=1S/C16H20N6O2/c1-9(2)15-20-21-16(24-15)10(3)17-14(23)12-8-11(18-19-12)13-6-5-7-22(13)4/h5-10H,1-4H3,(H,17,23)(H,18,19)/t10-/m0/s1. The van der Waals surface area contributed by atoms with Crippen LogP contribution < -0.4 is 5.32 Å². The van der Waals surface area contributed by atoms with Gasteiger partial charge in [-0.1, -0.05) is 13.8 Å². The number of hydrogen-bond donors (Lipinski definition) is 2. The number of aryl methyl sites for hydroxylation is 1. The molecule has 0 saturated heterocycles. The van der Waals surface area contributed by atoms with E-state index in [9.17, 15) is 4.79 Å². The van der Waals surface area contributed by atoms with E-state index in [0.29, 0.717) is 23.2 Å². The molecule has 0 spiro atoms. The molecule has 1 amide bonds. The highest BCUT2D eigenvalue weighted by atomic mass is 16.4. The van der Waals surface area contributed by atoms with Crippen molar-refractivity contribution in [3.63, 3.8) is 0 Å². The van der Waals surface area contributed by atoms with Crippen LogP contribution >= 0.6 is 0 Å². The zero-order valence-electron chi connectivity index (χ0n) is 14.1. The molecular weight excluding hydrogens is 308 g/mol. The van der Waals surface area contributed by atoms with Crippen LogP contribution in [0.3, 0.4) is 0 Å². The molecule has 3 rings (SSSR count). The predicted octanol–water partition coefficient (Wildman–Crippen LogP) is 2.41. The number of aromatic nitrogens is 5. The second kappa shape index (κ2) is 6.31. The fourth-order valence-electron chi connectivity index (χ4n) is 2.29. The molecule has 126 valence electrons. The van der Waals surface area contributed by atoms with Crippen molar-refractivity contribution in [2.45, 2.75) is 32.7 Å². The SMILES string of the molecule is CC(C)c1nnc([C@H](C)NC(=O)c2cc(-c3cccn3C)n[nH]2)o1. The molecule has 0 saturated carbocycles. The fourth-order valence-corrected chi connectivity index (χ4v) is 2.29. The maximum absolute atomic E-state index is 12.4. The Hall–Kier alpha value is -2.90. The monoisotopic (exact) mass is 328 g/mol. The molecule has 0 aliphatic heterocycles. The second-order valence-electron chi connectivity index (χ2n) is 6.00. The highest BCUT2D eigenvalue weighted by molar-refractivity contribution is 5.93. The molecule has 8 heteroatoms. The number of hydrogen-bond acceptors (Lipinski definition) is 5. The molecule has 1 atom stereocenters. The van der Waals surface area contributed by atoms with Gasteiger partial charge in [0, 0.05) is 19.2 Å². The summed E-state index contributed by atoms with van der Waals surface area (Å²) in [4.78, 5) is 12.4. The van der Waals surface area contributed by atoms with E-state index in [0.717, 1.165) is 5.69 Å². The summed E-state index contributed by atoms with van der Waals surface area (Å²) in [5.74, 6) is 0.808. The zero-order chi connectivity index (χ0) is 17.3. The van der Waals surface area contributed by atoms with Crippen molar-refractivity contribution in [2.75, 3.05) is 0 Å². The van der Waals surface area contributed by atoms with Crippen LogP contribution in [0.1, 0.15) is 55.0 Å². The molecule has 0 aliphatic carbocycles. The van der Waals surface area contributed by atoms with E-state index in [1.807, 2.05) is 43.8 Å². The maximum Gasteiger partial charge on any atom is 0.269 e.